The van der Waals surface area contributed by atoms with Crippen LogP contribution in [-0.4, -0.2) is 34.4 Å². The molecule has 1 aliphatic rings. The van der Waals surface area contributed by atoms with Crippen molar-refractivity contribution >= 4 is 17.8 Å². The molecule has 0 bridgehead atoms. The molecule has 156 valence electrons. The lowest BCUT2D eigenvalue weighted by Gasteiger charge is -2.23. The molecule has 1 fully saturated rings. The Hall–Kier alpha value is -2.38. The van der Waals surface area contributed by atoms with Gasteiger partial charge in [0.05, 0.1) is 0 Å². The third-order valence-corrected chi connectivity index (χ3v) is 4.97. The number of nitrogens with one attached hydrogen (secondary N) is 2. The monoisotopic (exact) mass is 393 g/mol. The molecule has 1 aromatic rings. The molecule has 1 aromatic heterocycles. The van der Waals surface area contributed by atoms with Crippen molar-refractivity contribution in [1.29, 1.82) is 0 Å². The van der Waals surface area contributed by atoms with E-state index in [-0.39, 0.29) is 23.4 Å². The summed E-state index contributed by atoms with van der Waals surface area (Å²) < 4.78 is 5.66. The highest BCUT2D eigenvalue weighted by molar-refractivity contribution is 5.94. The summed E-state index contributed by atoms with van der Waals surface area (Å²) in [5, 5.41) is 14.0. The summed E-state index contributed by atoms with van der Waals surface area (Å²) >= 11 is 0. The maximum atomic E-state index is 12.6. The number of carboxylic acid groups (broad SMARTS) is 1. The van der Waals surface area contributed by atoms with E-state index in [9.17, 15) is 14.4 Å². The van der Waals surface area contributed by atoms with Crippen LogP contribution in [0.2, 0.25) is 0 Å². The van der Waals surface area contributed by atoms with Crippen LogP contribution >= 0.6 is 0 Å². The molecule has 0 unspecified atom stereocenters. The summed E-state index contributed by atoms with van der Waals surface area (Å²) in [5.41, 5.74) is 0.0477. The van der Waals surface area contributed by atoms with Crippen molar-refractivity contribution in [1.82, 2.24) is 15.6 Å². The Bertz CT molecular complexity index is 692. The van der Waals surface area contributed by atoms with Gasteiger partial charge in [0.15, 0.2) is 5.69 Å². The molecule has 2 rings (SSSR count). The first-order valence-electron chi connectivity index (χ1n) is 10.0. The maximum Gasteiger partial charge on any atom is 0.322 e. The van der Waals surface area contributed by atoms with E-state index in [4.69, 9.17) is 9.52 Å². The van der Waals surface area contributed by atoms with Crippen molar-refractivity contribution in [2.75, 3.05) is 6.54 Å². The predicted octanol–water partition coefficient (Wildman–Crippen LogP) is 2.97. The van der Waals surface area contributed by atoms with Crippen LogP contribution in [-0.2, 0) is 9.59 Å². The van der Waals surface area contributed by atoms with E-state index in [1.165, 1.54) is 19.3 Å². The van der Waals surface area contributed by atoms with Crippen molar-refractivity contribution in [2.45, 2.75) is 71.8 Å². The van der Waals surface area contributed by atoms with Gasteiger partial charge < -0.3 is 20.2 Å². The number of oxazole rings is 1. The third-order valence-electron chi connectivity index (χ3n) is 4.97. The fourth-order valence-corrected chi connectivity index (χ4v) is 3.62. The van der Waals surface area contributed by atoms with Gasteiger partial charge in [0.25, 0.3) is 5.91 Å². The highest BCUT2D eigenvalue weighted by Crippen LogP contribution is 2.28. The van der Waals surface area contributed by atoms with E-state index in [0.29, 0.717) is 24.5 Å². The fraction of sp³-hybridized carbons (Fsp3) is 0.700. The zero-order valence-electron chi connectivity index (χ0n) is 16.9. The van der Waals surface area contributed by atoms with Gasteiger partial charge in [-0.25, -0.2) is 4.98 Å². The molecule has 8 nitrogen and oxygen atoms in total. The summed E-state index contributed by atoms with van der Waals surface area (Å²) in [5.74, 6) is -0.468. The summed E-state index contributed by atoms with van der Waals surface area (Å²) in [7, 11) is 0. The van der Waals surface area contributed by atoms with Gasteiger partial charge in [0.1, 0.15) is 18.3 Å². The average molecular weight is 393 g/mol. The standard InChI is InChI=1S/C20H31N3O5/c1-12(2)9-15(22-16(24)10-14-7-5-4-6-8-14)20-23-18(13(3)28-20)19(27)21-11-17(25)26/h12,14-15H,4-11H2,1-3H3,(H,21,27)(H,22,24)(H,25,26)/t15-/m0/s1. The number of hydrogen-bond donors (Lipinski definition) is 3. The van der Waals surface area contributed by atoms with Crippen LogP contribution in [0.15, 0.2) is 4.42 Å². The average Bonchev–Trinajstić information content (AvgIpc) is 3.01. The molecule has 0 aromatic carbocycles. The molecule has 28 heavy (non-hydrogen) atoms. The molecule has 2 amide bonds. The minimum atomic E-state index is -1.14. The maximum absolute atomic E-state index is 12.6. The normalized spacial score (nSPS) is 16.0. The largest absolute Gasteiger partial charge is 0.480 e. The number of carbonyl (C=O) groups excluding carboxylic acids is 2. The first-order valence-corrected chi connectivity index (χ1v) is 10.0. The third kappa shape index (κ3) is 6.65. The van der Waals surface area contributed by atoms with Crippen LogP contribution in [0.1, 0.15) is 87.0 Å². The van der Waals surface area contributed by atoms with E-state index in [1.54, 1.807) is 6.92 Å². The summed E-state index contributed by atoms with van der Waals surface area (Å²) in [4.78, 5) is 39.6. The topological polar surface area (TPSA) is 122 Å². The fourth-order valence-electron chi connectivity index (χ4n) is 3.62. The summed E-state index contributed by atoms with van der Waals surface area (Å²) in [6, 6.07) is -0.421. The Morgan fingerprint density at radius 3 is 2.50 bits per heavy atom. The van der Waals surface area contributed by atoms with Gasteiger partial charge >= 0.3 is 5.97 Å². The van der Waals surface area contributed by atoms with E-state index in [2.05, 4.69) is 15.6 Å². The lowest BCUT2D eigenvalue weighted by molar-refractivity contribution is -0.135. The van der Waals surface area contributed by atoms with E-state index in [0.717, 1.165) is 12.8 Å². The molecule has 1 aliphatic carbocycles. The molecule has 0 radical (unpaired) electrons. The van der Waals surface area contributed by atoms with Crippen LogP contribution in [0.25, 0.3) is 0 Å². The van der Waals surface area contributed by atoms with E-state index >= 15 is 0 Å². The van der Waals surface area contributed by atoms with Crippen molar-refractivity contribution in [3.63, 3.8) is 0 Å². The van der Waals surface area contributed by atoms with Crippen molar-refractivity contribution in [3.05, 3.63) is 17.3 Å². The molecule has 0 aliphatic heterocycles. The van der Waals surface area contributed by atoms with E-state index in [1.807, 2.05) is 13.8 Å². The zero-order chi connectivity index (χ0) is 20.7. The summed E-state index contributed by atoms with van der Waals surface area (Å²) in [6.45, 7) is 5.18. The number of amides is 2. The van der Waals surface area contributed by atoms with Gasteiger partial charge in [-0.05, 0) is 38.0 Å². The number of aliphatic carboxylic acids is 1. The SMILES string of the molecule is Cc1oc([C@H](CC(C)C)NC(=O)CC2CCCCC2)nc1C(=O)NCC(=O)O. The van der Waals surface area contributed by atoms with Gasteiger partial charge in [0, 0.05) is 6.42 Å². The first-order chi connectivity index (χ1) is 13.3. The molecule has 3 N–H and O–H groups in total. The minimum absolute atomic E-state index is 0.0229. The van der Waals surface area contributed by atoms with Gasteiger partial charge in [-0.3, -0.25) is 14.4 Å². The van der Waals surface area contributed by atoms with Crippen LogP contribution < -0.4 is 10.6 Å². The first kappa shape index (κ1) is 21.9. The second kappa shape index (κ2) is 10.2. The molecule has 1 heterocycles. The number of nitrogens with zero attached hydrogens (tertiary/aromatic N) is 1. The molecule has 0 saturated heterocycles. The number of hydrogen-bond acceptors (Lipinski definition) is 5. The van der Waals surface area contributed by atoms with Gasteiger partial charge in [-0.2, -0.15) is 0 Å². The molecule has 8 heteroatoms. The Morgan fingerprint density at radius 2 is 1.89 bits per heavy atom. The second-order valence-corrected chi connectivity index (χ2v) is 7.99. The Morgan fingerprint density at radius 1 is 1.21 bits per heavy atom. The van der Waals surface area contributed by atoms with Crippen molar-refractivity contribution < 1.29 is 23.9 Å². The Kier molecular flexibility index (Phi) is 8.02. The highest BCUT2D eigenvalue weighted by Gasteiger charge is 2.26. The number of aryl methyl sites for hydroxylation is 1. The molecular weight excluding hydrogens is 362 g/mol. The number of aromatic nitrogens is 1. The number of carboxylic acids is 1. The minimum Gasteiger partial charge on any atom is -0.480 e. The Labute approximate surface area is 165 Å². The highest BCUT2D eigenvalue weighted by atomic mass is 16.4. The van der Waals surface area contributed by atoms with E-state index < -0.39 is 24.5 Å². The van der Waals surface area contributed by atoms with Crippen molar-refractivity contribution in [2.24, 2.45) is 11.8 Å². The zero-order valence-corrected chi connectivity index (χ0v) is 16.9. The predicted molar refractivity (Wildman–Crippen MR) is 103 cm³/mol. The van der Waals surface area contributed by atoms with Crippen LogP contribution in [0.4, 0.5) is 0 Å². The lowest BCUT2D eigenvalue weighted by atomic mass is 9.86. The van der Waals surface area contributed by atoms with Gasteiger partial charge in [-0.15, -0.1) is 0 Å². The van der Waals surface area contributed by atoms with Crippen molar-refractivity contribution in [3.8, 4) is 0 Å². The van der Waals surface area contributed by atoms with Gasteiger partial charge in [0.2, 0.25) is 11.8 Å². The molecule has 1 atom stereocenters. The van der Waals surface area contributed by atoms with Gasteiger partial charge in [-0.1, -0.05) is 33.1 Å². The quantitative estimate of drug-likeness (QED) is 0.593. The molecule has 0 spiro atoms. The lowest BCUT2D eigenvalue weighted by Crippen LogP contribution is -2.32. The van der Waals surface area contributed by atoms with Crippen LogP contribution in [0, 0.1) is 18.8 Å². The number of carbonyl (C=O) groups is 3. The van der Waals surface area contributed by atoms with Crippen LogP contribution in [0.3, 0.4) is 0 Å². The molecule has 1 saturated carbocycles. The smallest absolute Gasteiger partial charge is 0.322 e. The molecular formula is C20H31N3O5. The van der Waals surface area contributed by atoms with Crippen LogP contribution in [0.5, 0.6) is 0 Å². The summed E-state index contributed by atoms with van der Waals surface area (Å²) in [6.07, 6.45) is 6.92. The Balaban J connectivity index is 2.07. The number of rotatable bonds is 9. The second-order valence-electron chi connectivity index (χ2n) is 7.99.